The fourth-order valence-corrected chi connectivity index (χ4v) is 2.06. The molecule has 0 fully saturated rings. The molecule has 2 N–H and O–H groups in total. The van der Waals surface area contributed by atoms with Crippen molar-refractivity contribution in [2.45, 2.75) is 39.7 Å². The van der Waals surface area contributed by atoms with Crippen molar-refractivity contribution in [1.82, 2.24) is 4.98 Å². The minimum absolute atomic E-state index is 0.0207. The minimum atomic E-state index is 0.0207. The van der Waals surface area contributed by atoms with Crippen molar-refractivity contribution in [2.75, 3.05) is 0 Å². The van der Waals surface area contributed by atoms with Gasteiger partial charge in [0.05, 0.1) is 0 Å². The summed E-state index contributed by atoms with van der Waals surface area (Å²) in [6.45, 7) is 9.11. The molecule has 1 heterocycles. The van der Waals surface area contributed by atoms with Crippen LogP contribution in [-0.4, -0.2) is 4.98 Å². The SMILES string of the molecule is Cc1ccc(Oc2cc(CN)ccn2)c(C(C)(C)C)c1. The summed E-state index contributed by atoms with van der Waals surface area (Å²) in [4.78, 5) is 4.25. The van der Waals surface area contributed by atoms with E-state index in [1.807, 2.05) is 18.2 Å². The van der Waals surface area contributed by atoms with Crippen molar-refractivity contribution in [3.63, 3.8) is 0 Å². The van der Waals surface area contributed by atoms with Crippen molar-refractivity contribution in [3.8, 4) is 11.6 Å². The fraction of sp³-hybridized carbons (Fsp3) is 0.353. The molecular weight excluding hydrogens is 248 g/mol. The van der Waals surface area contributed by atoms with Gasteiger partial charge in [-0.25, -0.2) is 4.98 Å². The second kappa shape index (κ2) is 5.63. The summed E-state index contributed by atoms with van der Waals surface area (Å²) in [5.41, 5.74) is 9.09. The van der Waals surface area contributed by atoms with Crippen molar-refractivity contribution in [1.29, 1.82) is 0 Å². The summed E-state index contributed by atoms with van der Waals surface area (Å²) in [5, 5.41) is 0. The third-order valence-corrected chi connectivity index (χ3v) is 3.19. The van der Waals surface area contributed by atoms with E-state index in [0.29, 0.717) is 12.4 Å². The van der Waals surface area contributed by atoms with Crippen LogP contribution in [0.2, 0.25) is 0 Å². The number of pyridine rings is 1. The lowest BCUT2D eigenvalue weighted by molar-refractivity contribution is 0.439. The van der Waals surface area contributed by atoms with Crippen LogP contribution in [0.15, 0.2) is 36.5 Å². The van der Waals surface area contributed by atoms with Crippen LogP contribution in [0.3, 0.4) is 0 Å². The molecule has 0 saturated carbocycles. The Labute approximate surface area is 120 Å². The number of aryl methyl sites for hydroxylation is 1. The Morgan fingerprint density at radius 2 is 1.90 bits per heavy atom. The molecular formula is C17H22N2O. The van der Waals surface area contributed by atoms with Crippen LogP contribution in [0.5, 0.6) is 11.6 Å². The number of rotatable bonds is 3. The number of nitrogens with two attached hydrogens (primary N) is 1. The first kappa shape index (κ1) is 14.5. The summed E-state index contributed by atoms with van der Waals surface area (Å²) in [5.74, 6) is 1.44. The summed E-state index contributed by atoms with van der Waals surface area (Å²) >= 11 is 0. The topological polar surface area (TPSA) is 48.1 Å². The van der Waals surface area contributed by atoms with Gasteiger partial charge < -0.3 is 10.5 Å². The van der Waals surface area contributed by atoms with E-state index in [1.54, 1.807) is 6.20 Å². The second-order valence-corrected chi connectivity index (χ2v) is 6.06. The molecule has 0 bridgehead atoms. The van der Waals surface area contributed by atoms with Crippen LogP contribution in [0, 0.1) is 6.92 Å². The van der Waals surface area contributed by atoms with E-state index >= 15 is 0 Å². The summed E-state index contributed by atoms with van der Waals surface area (Å²) in [7, 11) is 0. The lowest BCUT2D eigenvalue weighted by Gasteiger charge is -2.23. The van der Waals surface area contributed by atoms with Crippen molar-refractivity contribution in [2.24, 2.45) is 5.73 Å². The third-order valence-electron chi connectivity index (χ3n) is 3.19. The van der Waals surface area contributed by atoms with E-state index < -0.39 is 0 Å². The maximum atomic E-state index is 5.97. The van der Waals surface area contributed by atoms with E-state index in [4.69, 9.17) is 10.5 Å². The molecule has 106 valence electrons. The Morgan fingerprint density at radius 3 is 2.55 bits per heavy atom. The van der Waals surface area contributed by atoms with Crippen LogP contribution >= 0.6 is 0 Å². The molecule has 2 rings (SSSR count). The Morgan fingerprint density at radius 1 is 1.15 bits per heavy atom. The zero-order valence-corrected chi connectivity index (χ0v) is 12.6. The van der Waals surface area contributed by atoms with Crippen LogP contribution in [-0.2, 0) is 12.0 Å². The van der Waals surface area contributed by atoms with Crippen LogP contribution in [0.4, 0.5) is 0 Å². The third kappa shape index (κ3) is 3.36. The van der Waals surface area contributed by atoms with E-state index in [0.717, 1.165) is 11.3 Å². The number of hydrogen-bond donors (Lipinski definition) is 1. The van der Waals surface area contributed by atoms with Gasteiger partial charge in [-0.05, 0) is 30.0 Å². The maximum absolute atomic E-state index is 5.97. The quantitative estimate of drug-likeness (QED) is 0.919. The zero-order valence-electron chi connectivity index (χ0n) is 12.6. The molecule has 1 aromatic heterocycles. The smallest absolute Gasteiger partial charge is 0.219 e. The van der Waals surface area contributed by atoms with Gasteiger partial charge in [0.25, 0.3) is 0 Å². The van der Waals surface area contributed by atoms with Gasteiger partial charge >= 0.3 is 0 Å². The largest absolute Gasteiger partial charge is 0.439 e. The zero-order chi connectivity index (χ0) is 14.8. The number of nitrogens with zero attached hydrogens (tertiary/aromatic N) is 1. The van der Waals surface area contributed by atoms with Gasteiger partial charge in [0, 0.05) is 24.4 Å². The molecule has 0 spiro atoms. The first-order valence-corrected chi connectivity index (χ1v) is 6.84. The highest BCUT2D eigenvalue weighted by molar-refractivity contribution is 5.43. The molecule has 0 radical (unpaired) electrons. The fourth-order valence-electron chi connectivity index (χ4n) is 2.06. The molecule has 0 atom stereocenters. The van der Waals surface area contributed by atoms with E-state index in [-0.39, 0.29) is 5.41 Å². The number of ether oxygens (including phenoxy) is 1. The first-order valence-electron chi connectivity index (χ1n) is 6.84. The van der Waals surface area contributed by atoms with Gasteiger partial charge in [-0.3, -0.25) is 0 Å². The van der Waals surface area contributed by atoms with Crippen molar-refractivity contribution in [3.05, 3.63) is 53.2 Å². The summed E-state index contributed by atoms with van der Waals surface area (Å²) in [6.07, 6.45) is 1.72. The standard InChI is InChI=1S/C17H22N2O/c1-12-5-6-15(14(9-12)17(2,3)4)20-16-10-13(11-18)7-8-19-16/h5-10H,11,18H2,1-4H3. The molecule has 0 saturated heterocycles. The molecule has 0 aliphatic rings. The average Bonchev–Trinajstić information content (AvgIpc) is 2.40. The predicted octanol–water partition coefficient (Wildman–Crippen LogP) is 3.94. The van der Waals surface area contributed by atoms with Gasteiger partial charge in [0.15, 0.2) is 0 Å². The molecule has 20 heavy (non-hydrogen) atoms. The van der Waals surface area contributed by atoms with Crippen LogP contribution in [0.25, 0.3) is 0 Å². The number of hydrogen-bond acceptors (Lipinski definition) is 3. The van der Waals surface area contributed by atoms with Gasteiger partial charge in [0.2, 0.25) is 5.88 Å². The Hall–Kier alpha value is -1.87. The van der Waals surface area contributed by atoms with Gasteiger partial charge in [-0.1, -0.05) is 38.5 Å². The average molecular weight is 270 g/mol. The van der Waals surface area contributed by atoms with E-state index in [1.165, 1.54) is 11.1 Å². The molecule has 0 amide bonds. The van der Waals surface area contributed by atoms with Crippen molar-refractivity contribution >= 4 is 0 Å². The number of aromatic nitrogens is 1. The monoisotopic (exact) mass is 270 g/mol. The van der Waals surface area contributed by atoms with E-state index in [2.05, 4.69) is 44.8 Å². The lowest BCUT2D eigenvalue weighted by atomic mass is 9.85. The van der Waals surface area contributed by atoms with Gasteiger partial charge in [0.1, 0.15) is 5.75 Å². The highest BCUT2D eigenvalue weighted by Gasteiger charge is 2.19. The molecule has 0 aliphatic carbocycles. The number of benzene rings is 1. The molecule has 2 aromatic rings. The van der Waals surface area contributed by atoms with E-state index in [9.17, 15) is 0 Å². The van der Waals surface area contributed by atoms with Crippen LogP contribution < -0.4 is 10.5 Å². The van der Waals surface area contributed by atoms with Gasteiger partial charge in [-0.15, -0.1) is 0 Å². The van der Waals surface area contributed by atoms with Gasteiger partial charge in [-0.2, -0.15) is 0 Å². The highest BCUT2D eigenvalue weighted by Crippen LogP contribution is 2.34. The molecule has 0 aliphatic heterocycles. The Balaban J connectivity index is 2.38. The first-order chi connectivity index (χ1) is 9.40. The summed E-state index contributed by atoms with van der Waals surface area (Å²) < 4.78 is 5.97. The predicted molar refractivity (Wildman–Crippen MR) is 82.1 cm³/mol. The molecule has 3 heteroatoms. The molecule has 3 nitrogen and oxygen atoms in total. The lowest BCUT2D eigenvalue weighted by Crippen LogP contribution is -2.13. The maximum Gasteiger partial charge on any atom is 0.219 e. The molecule has 0 unspecified atom stereocenters. The second-order valence-electron chi connectivity index (χ2n) is 6.06. The molecule has 1 aromatic carbocycles. The Bertz CT molecular complexity index is 600. The van der Waals surface area contributed by atoms with Crippen LogP contribution in [0.1, 0.15) is 37.5 Å². The normalized spacial score (nSPS) is 11.4. The Kier molecular flexibility index (Phi) is 4.09. The van der Waals surface area contributed by atoms with Crippen molar-refractivity contribution < 1.29 is 4.74 Å². The minimum Gasteiger partial charge on any atom is -0.439 e. The summed E-state index contributed by atoms with van der Waals surface area (Å²) in [6, 6.07) is 10.0. The highest BCUT2D eigenvalue weighted by atomic mass is 16.5.